The molecule has 0 aromatic carbocycles. The maximum absolute atomic E-state index is 13.9. The van der Waals surface area contributed by atoms with Crippen LogP contribution in [0.3, 0.4) is 0 Å². The second-order valence-electron chi connectivity index (χ2n) is 16.6. The van der Waals surface area contributed by atoms with Crippen LogP contribution in [0.4, 0.5) is 0 Å². The summed E-state index contributed by atoms with van der Waals surface area (Å²) in [7, 11) is 8.48. The summed E-state index contributed by atoms with van der Waals surface area (Å²) in [5.41, 5.74) is 0. The van der Waals surface area contributed by atoms with E-state index < -0.39 is 184 Å². The zero-order valence-corrected chi connectivity index (χ0v) is 42.4. The smallest absolute Gasteiger partial charge is 0.337 e. The zero-order chi connectivity index (χ0) is 53.7. The lowest BCUT2D eigenvalue weighted by molar-refractivity contribution is -0.386. The van der Waals surface area contributed by atoms with Gasteiger partial charge in [0.05, 0.1) is 20.3 Å². The second kappa shape index (κ2) is 27.5. The average Bonchev–Trinajstić information content (AvgIpc) is 3.32. The summed E-state index contributed by atoms with van der Waals surface area (Å²) in [5.74, 6) is -7.72. The van der Waals surface area contributed by atoms with Crippen molar-refractivity contribution in [1.82, 2.24) is 0 Å². The van der Waals surface area contributed by atoms with Crippen molar-refractivity contribution in [2.75, 3.05) is 63.0 Å². The van der Waals surface area contributed by atoms with Crippen molar-refractivity contribution in [3.05, 3.63) is 0 Å². The molecule has 4 rings (SSSR count). The summed E-state index contributed by atoms with van der Waals surface area (Å²) in [5, 5.41) is 0. The fraction of sp³-hybridized carbons (Fsp3) is 0.818. The van der Waals surface area contributed by atoms with Gasteiger partial charge < -0.3 is 94.7 Å². The van der Waals surface area contributed by atoms with E-state index in [0.717, 1.165) is 55.8 Å². The third-order valence-corrected chi connectivity index (χ3v) is 11.7. The Morgan fingerprint density at radius 3 is 1.08 bits per heavy atom. The summed E-state index contributed by atoms with van der Waals surface area (Å²) < 4.78 is 116. The highest BCUT2D eigenvalue weighted by molar-refractivity contribution is 5.76. The largest absolute Gasteiger partial charge is 0.467 e. The first-order chi connectivity index (χ1) is 34.1. The van der Waals surface area contributed by atoms with Crippen LogP contribution in [0.5, 0.6) is 0 Å². The Morgan fingerprint density at radius 2 is 0.694 bits per heavy atom. The van der Waals surface area contributed by atoms with E-state index in [0.29, 0.717) is 0 Å². The van der Waals surface area contributed by atoms with Gasteiger partial charge in [0.25, 0.3) is 0 Å². The molecule has 0 radical (unpaired) electrons. The van der Waals surface area contributed by atoms with Crippen LogP contribution >= 0.6 is 0 Å². The molecule has 28 nitrogen and oxygen atoms in total. The van der Waals surface area contributed by atoms with Crippen LogP contribution in [0.25, 0.3) is 0 Å². The normalized spacial score (nSPS) is 36.7. The van der Waals surface area contributed by atoms with Crippen LogP contribution in [-0.2, 0) is 133 Å². The highest BCUT2D eigenvalue weighted by Crippen LogP contribution is 2.40. The number of carbonyl (C=O) groups excluding carboxylic acids is 8. The van der Waals surface area contributed by atoms with Gasteiger partial charge in [0, 0.05) is 83.0 Å². The van der Waals surface area contributed by atoms with Crippen molar-refractivity contribution in [1.29, 1.82) is 0 Å². The molecule has 4 fully saturated rings. The number of hydrogen-bond donors (Lipinski definition) is 0. The molecular formula is C44H66O28. The average molecular weight is 1040 g/mol. The summed E-state index contributed by atoms with van der Waals surface area (Å²) in [6.45, 7) is 6.90. The number of rotatable bonds is 21. The molecule has 0 amide bonds. The van der Waals surface area contributed by atoms with Crippen molar-refractivity contribution in [2.45, 2.75) is 165 Å². The summed E-state index contributed by atoms with van der Waals surface area (Å²) in [6.07, 6.45) is -29.0. The maximum Gasteiger partial charge on any atom is 0.337 e. The Hall–Kier alpha value is -4.72. The quantitative estimate of drug-likeness (QED) is 0.0941. The molecule has 4 aliphatic heterocycles. The fourth-order valence-electron chi connectivity index (χ4n) is 8.76. The third-order valence-electron chi connectivity index (χ3n) is 11.7. The van der Waals surface area contributed by atoms with Gasteiger partial charge in [0.1, 0.15) is 62.0 Å². The van der Waals surface area contributed by atoms with Gasteiger partial charge >= 0.3 is 47.8 Å². The molecule has 0 spiro atoms. The van der Waals surface area contributed by atoms with E-state index in [1.807, 2.05) is 0 Å². The van der Waals surface area contributed by atoms with E-state index in [1.165, 1.54) is 35.5 Å². The number of esters is 8. The van der Waals surface area contributed by atoms with Crippen LogP contribution < -0.4 is 0 Å². The Labute approximate surface area is 414 Å². The monoisotopic (exact) mass is 1040 g/mol. The molecule has 72 heavy (non-hydrogen) atoms. The van der Waals surface area contributed by atoms with Crippen LogP contribution in [-0.4, -0.2) is 227 Å². The summed E-state index contributed by atoms with van der Waals surface area (Å²) >= 11 is 0. The van der Waals surface area contributed by atoms with E-state index in [4.69, 9.17) is 94.7 Å². The molecule has 4 saturated heterocycles. The molecule has 0 aliphatic carbocycles. The topological polar surface area (TPSA) is 321 Å². The van der Waals surface area contributed by atoms with Crippen LogP contribution in [0.1, 0.15) is 48.5 Å². The number of ether oxygens (including phenoxy) is 20. The molecule has 0 aromatic heterocycles. The summed E-state index contributed by atoms with van der Waals surface area (Å²) in [4.78, 5) is 102. The van der Waals surface area contributed by atoms with Gasteiger partial charge in [-0.1, -0.05) is 6.92 Å². The van der Waals surface area contributed by atoms with Gasteiger partial charge in [0.15, 0.2) is 61.8 Å². The van der Waals surface area contributed by atoms with Gasteiger partial charge in [-0.3, -0.25) is 28.8 Å². The molecule has 28 heteroatoms. The van der Waals surface area contributed by atoms with Gasteiger partial charge in [-0.05, 0) is 0 Å². The number of carbonyl (C=O) groups is 8. The lowest BCUT2D eigenvalue weighted by atomic mass is 9.90. The predicted molar refractivity (Wildman–Crippen MR) is 228 cm³/mol. The molecule has 4 heterocycles. The Kier molecular flexibility index (Phi) is 22.9. The van der Waals surface area contributed by atoms with Gasteiger partial charge in [0.2, 0.25) is 0 Å². The zero-order valence-electron chi connectivity index (χ0n) is 42.4. The van der Waals surface area contributed by atoms with Crippen molar-refractivity contribution in [3.8, 4) is 0 Å². The van der Waals surface area contributed by atoms with Crippen molar-refractivity contribution < 1.29 is 133 Å². The summed E-state index contributed by atoms with van der Waals surface area (Å²) in [6, 6.07) is 0. The van der Waals surface area contributed by atoms with Gasteiger partial charge in [-0.15, -0.1) is 0 Å². The Bertz CT molecular complexity index is 1860. The molecule has 20 atom stereocenters. The number of hydrogen-bond acceptors (Lipinski definition) is 28. The first-order valence-corrected chi connectivity index (χ1v) is 22.4. The first-order valence-electron chi connectivity index (χ1n) is 22.4. The van der Waals surface area contributed by atoms with Gasteiger partial charge in [-0.25, -0.2) is 9.59 Å². The minimum absolute atomic E-state index is 0.537. The van der Waals surface area contributed by atoms with E-state index in [9.17, 15) is 38.4 Å². The third kappa shape index (κ3) is 14.7. The van der Waals surface area contributed by atoms with Crippen molar-refractivity contribution in [3.63, 3.8) is 0 Å². The Morgan fingerprint density at radius 1 is 0.347 bits per heavy atom. The highest BCUT2D eigenvalue weighted by Gasteiger charge is 2.60. The second-order valence-corrected chi connectivity index (χ2v) is 16.6. The van der Waals surface area contributed by atoms with Crippen LogP contribution in [0.15, 0.2) is 0 Å². The molecule has 0 saturated carbocycles. The SMILES string of the molecule is COC(=O)C1O[C@@H](O[C@H]2C(OC(C)=O)C(OC(C)=O)[C@@H](O[C@H]3C(OC)C(OC)[C@@H](O[C@H]4C(COC(C)=O)O[C@@H](OC)C(OC(C)=O)[C@H]4OC(C)=O)O[C@H]3C(=O)OC)O[C@@H]2COC(C)=O)C(OC)[C@@H](OC)[C@H]1C. The van der Waals surface area contributed by atoms with Crippen molar-refractivity contribution in [2.24, 2.45) is 5.92 Å². The fourth-order valence-corrected chi connectivity index (χ4v) is 8.76. The molecular weight excluding hydrogens is 976 g/mol. The standard InChI is InChI=1S/C44H66O28/c1-17-26(53-8)35(55-10)42(68-27(17)39(51)57-12)69-29-25(16-61-19(3)46)67-44(38(65-23(7)50)32(29)63-21(5)48)71-33-30(54-9)36(56-11)43(72-34(33)40(52)58-13)70-28-24(15-60-18(2)45)66-41(59-14)37(64-22(6)49)31(28)62-20(4)47/h17,24-38,41-44H,15-16H2,1-14H3/t17-,24?,25-,26+,27?,28+,29-,30?,31+,32?,33+,34-,35?,36?,37?,38?,41-,42+,43+,44-/m1/s1. The maximum atomic E-state index is 13.9. The highest BCUT2D eigenvalue weighted by atomic mass is 16.8. The van der Waals surface area contributed by atoms with E-state index >= 15 is 0 Å². The molecule has 410 valence electrons. The minimum atomic E-state index is -1.91. The molecule has 0 bridgehead atoms. The van der Waals surface area contributed by atoms with Crippen LogP contribution in [0, 0.1) is 5.92 Å². The lowest BCUT2D eigenvalue weighted by Crippen LogP contribution is -2.69. The van der Waals surface area contributed by atoms with Gasteiger partial charge in [-0.2, -0.15) is 0 Å². The lowest BCUT2D eigenvalue weighted by Gasteiger charge is -2.51. The predicted octanol–water partition coefficient (Wildman–Crippen LogP) is -1.42. The number of methoxy groups -OCH3 is 7. The molecule has 0 aromatic rings. The first kappa shape index (κ1) is 59.8. The van der Waals surface area contributed by atoms with E-state index in [-0.39, 0.29) is 0 Å². The molecule has 0 N–H and O–H groups in total. The Balaban J connectivity index is 1.83. The van der Waals surface area contributed by atoms with E-state index in [1.54, 1.807) is 6.92 Å². The van der Waals surface area contributed by atoms with Crippen LogP contribution in [0.2, 0.25) is 0 Å². The molecule has 8 unspecified atom stereocenters. The van der Waals surface area contributed by atoms with E-state index in [2.05, 4.69) is 0 Å². The van der Waals surface area contributed by atoms with Crippen molar-refractivity contribution >= 4 is 47.8 Å². The molecule has 4 aliphatic rings. The minimum Gasteiger partial charge on any atom is -0.467 e.